The third-order valence-corrected chi connectivity index (χ3v) is 5.87. The van der Waals surface area contributed by atoms with Gasteiger partial charge in [-0.05, 0) is 45.0 Å². The standard InChI is InChI=1S/C25H23N5O4/c1-15-8-10-18(11-9-15)30-21(12-16(2)28-30)26-22(31)14-29-23(32)25(3,27-24(29)33)20-13-17-6-4-5-7-19(17)34-20/h4-13H,14H2,1-3H3,(H,26,31)(H,27,33)/t25-/m1/s1. The van der Waals surface area contributed by atoms with E-state index in [1.165, 1.54) is 0 Å². The van der Waals surface area contributed by atoms with E-state index >= 15 is 0 Å². The number of aryl methyl sites for hydroxylation is 2. The number of amides is 4. The lowest BCUT2D eigenvalue weighted by Gasteiger charge is -2.19. The minimum Gasteiger partial charge on any atom is -0.458 e. The van der Waals surface area contributed by atoms with Crippen LogP contribution in [0.3, 0.4) is 0 Å². The number of carbonyl (C=O) groups is 3. The van der Waals surface area contributed by atoms with Crippen molar-refractivity contribution in [2.45, 2.75) is 26.3 Å². The van der Waals surface area contributed by atoms with E-state index in [0.717, 1.165) is 21.5 Å². The van der Waals surface area contributed by atoms with Gasteiger partial charge in [-0.1, -0.05) is 35.9 Å². The minimum atomic E-state index is -1.41. The molecule has 4 aromatic rings. The molecule has 1 fully saturated rings. The first-order chi connectivity index (χ1) is 16.2. The van der Waals surface area contributed by atoms with Crippen molar-refractivity contribution in [2.24, 2.45) is 0 Å². The summed E-state index contributed by atoms with van der Waals surface area (Å²) >= 11 is 0. The van der Waals surface area contributed by atoms with Crippen molar-refractivity contribution in [1.29, 1.82) is 0 Å². The number of para-hydroxylation sites is 1. The molecule has 0 radical (unpaired) electrons. The molecule has 0 bridgehead atoms. The Hall–Kier alpha value is -4.40. The Labute approximate surface area is 195 Å². The van der Waals surface area contributed by atoms with E-state index in [-0.39, 0.29) is 0 Å². The number of carbonyl (C=O) groups excluding carboxylic acids is 3. The third-order valence-electron chi connectivity index (χ3n) is 5.87. The van der Waals surface area contributed by atoms with Crippen molar-refractivity contribution < 1.29 is 18.8 Å². The Morgan fingerprint density at radius 1 is 1.09 bits per heavy atom. The van der Waals surface area contributed by atoms with E-state index in [9.17, 15) is 14.4 Å². The van der Waals surface area contributed by atoms with E-state index in [2.05, 4.69) is 15.7 Å². The van der Waals surface area contributed by atoms with Gasteiger partial charge in [-0.25, -0.2) is 9.48 Å². The average Bonchev–Trinajstić information content (AvgIpc) is 3.46. The summed E-state index contributed by atoms with van der Waals surface area (Å²) in [5.41, 5.74) is 1.79. The zero-order chi connectivity index (χ0) is 24.0. The number of fused-ring (bicyclic) bond motifs is 1. The van der Waals surface area contributed by atoms with E-state index in [4.69, 9.17) is 4.42 Å². The number of rotatable bonds is 5. The van der Waals surface area contributed by atoms with Gasteiger partial charge in [0, 0.05) is 11.5 Å². The van der Waals surface area contributed by atoms with Crippen molar-refractivity contribution in [3.8, 4) is 5.69 Å². The maximum atomic E-state index is 13.2. The van der Waals surface area contributed by atoms with Crippen molar-refractivity contribution in [2.75, 3.05) is 11.9 Å². The number of anilines is 1. The second-order valence-corrected chi connectivity index (χ2v) is 8.56. The van der Waals surface area contributed by atoms with E-state index in [0.29, 0.717) is 22.9 Å². The number of hydrogen-bond acceptors (Lipinski definition) is 5. The second kappa shape index (κ2) is 7.87. The monoisotopic (exact) mass is 457 g/mol. The van der Waals surface area contributed by atoms with Crippen LogP contribution in [0.1, 0.15) is 23.9 Å². The zero-order valence-electron chi connectivity index (χ0n) is 19.0. The van der Waals surface area contributed by atoms with Crippen LogP contribution in [0.5, 0.6) is 0 Å². The van der Waals surface area contributed by atoms with E-state index in [1.807, 2.05) is 56.3 Å². The predicted molar refractivity (Wildman–Crippen MR) is 125 cm³/mol. The minimum absolute atomic E-state index is 0.308. The van der Waals surface area contributed by atoms with Crippen LogP contribution in [0.15, 0.2) is 65.1 Å². The molecule has 9 nitrogen and oxygen atoms in total. The summed E-state index contributed by atoms with van der Waals surface area (Å²) in [4.78, 5) is 39.6. The average molecular weight is 457 g/mol. The number of nitrogens with zero attached hydrogens (tertiary/aromatic N) is 3. The van der Waals surface area contributed by atoms with Gasteiger partial charge in [-0.2, -0.15) is 5.10 Å². The van der Waals surface area contributed by atoms with Gasteiger partial charge in [0.1, 0.15) is 23.7 Å². The highest BCUT2D eigenvalue weighted by Gasteiger charge is 2.51. The van der Waals surface area contributed by atoms with E-state index < -0.39 is 29.9 Å². The van der Waals surface area contributed by atoms with Gasteiger partial charge in [0.25, 0.3) is 5.91 Å². The number of aromatic nitrogens is 2. The molecule has 1 atom stereocenters. The Balaban J connectivity index is 1.35. The maximum absolute atomic E-state index is 13.2. The molecular formula is C25H23N5O4. The molecule has 5 rings (SSSR count). The first-order valence-corrected chi connectivity index (χ1v) is 10.8. The fraction of sp³-hybridized carbons (Fsp3) is 0.200. The number of benzene rings is 2. The fourth-order valence-electron chi connectivity index (χ4n) is 4.03. The number of hydrogen-bond donors (Lipinski definition) is 2. The van der Waals surface area contributed by atoms with Crippen LogP contribution in [0.25, 0.3) is 16.7 Å². The summed E-state index contributed by atoms with van der Waals surface area (Å²) in [6, 6.07) is 17.8. The molecule has 0 saturated carbocycles. The number of nitrogens with one attached hydrogen (secondary N) is 2. The first-order valence-electron chi connectivity index (χ1n) is 10.8. The summed E-state index contributed by atoms with van der Waals surface area (Å²) in [7, 11) is 0. The molecule has 0 unspecified atom stereocenters. The molecule has 1 saturated heterocycles. The number of urea groups is 1. The molecule has 2 N–H and O–H groups in total. The molecule has 3 heterocycles. The lowest BCUT2D eigenvalue weighted by molar-refractivity contribution is -0.134. The Morgan fingerprint density at radius 2 is 1.82 bits per heavy atom. The number of imide groups is 1. The highest BCUT2D eigenvalue weighted by molar-refractivity contribution is 6.10. The first kappa shape index (κ1) is 21.4. The Bertz CT molecular complexity index is 1400. The summed E-state index contributed by atoms with van der Waals surface area (Å²) in [6.45, 7) is 4.92. The van der Waals surface area contributed by atoms with Gasteiger partial charge in [0.05, 0.1) is 11.4 Å². The largest absolute Gasteiger partial charge is 0.458 e. The lowest BCUT2D eigenvalue weighted by Crippen LogP contribution is -2.42. The molecular weight excluding hydrogens is 434 g/mol. The van der Waals surface area contributed by atoms with Crippen molar-refractivity contribution in [3.63, 3.8) is 0 Å². The normalized spacial score (nSPS) is 17.9. The van der Waals surface area contributed by atoms with Crippen LogP contribution in [0, 0.1) is 13.8 Å². The van der Waals surface area contributed by atoms with Crippen molar-refractivity contribution in [3.05, 3.63) is 77.7 Å². The molecule has 172 valence electrons. The SMILES string of the molecule is Cc1ccc(-n2nc(C)cc2NC(=O)CN2C(=O)N[C@](C)(c3cc4ccccc4o3)C2=O)cc1. The highest BCUT2D eigenvalue weighted by Crippen LogP contribution is 2.33. The predicted octanol–water partition coefficient (Wildman–Crippen LogP) is 3.64. The second-order valence-electron chi connectivity index (χ2n) is 8.56. The van der Waals surface area contributed by atoms with Gasteiger partial charge in [-0.3, -0.25) is 14.5 Å². The molecule has 0 spiro atoms. The van der Waals surface area contributed by atoms with Gasteiger partial charge >= 0.3 is 6.03 Å². The lowest BCUT2D eigenvalue weighted by atomic mass is 9.99. The van der Waals surface area contributed by atoms with Crippen LogP contribution >= 0.6 is 0 Å². The molecule has 9 heteroatoms. The maximum Gasteiger partial charge on any atom is 0.325 e. The topological polar surface area (TPSA) is 109 Å². The molecule has 1 aliphatic heterocycles. The van der Waals surface area contributed by atoms with Crippen LogP contribution < -0.4 is 10.6 Å². The quantitative estimate of drug-likeness (QED) is 0.445. The van der Waals surface area contributed by atoms with Gasteiger partial charge < -0.3 is 15.1 Å². The molecule has 2 aromatic heterocycles. The fourth-order valence-corrected chi connectivity index (χ4v) is 4.03. The summed E-state index contributed by atoms with van der Waals surface area (Å²) in [5.74, 6) is -0.331. The van der Waals surface area contributed by atoms with Crippen LogP contribution in [-0.4, -0.2) is 39.1 Å². The van der Waals surface area contributed by atoms with E-state index in [1.54, 1.807) is 29.8 Å². The molecule has 4 amide bonds. The smallest absolute Gasteiger partial charge is 0.325 e. The van der Waals surface area contributed by atoms with Crippen LogP contribution in [-0.2, 0) is 15.1 Å². The van der Waals surface area contributed by atoms with Crippen LogP contribution in [0.2, 0.25) is 0 Å². The highest BCUT2D eigenvalue weighted by atomic mass is 16.3. The van der Waals surface area contributed by atoms with Gasteiger partial charge in [0.2, 0.25) is 5.91 Å². The summed E-state index contributed by atoms with van der Waals surface area (Å²) in [5, 5.41) is 10.7. The molecule has 1 aliphatic rings. The van der Waals surface area contributed by atoms with Gasteiger partial charge in [0.15, 0.2) is 5.54 Å². The Morgan fingerprint density at radius 3 is 2.56 bits per heavy atom. The Kier molecular flexibility index (Phi) is 4.97. The molecule has 2 aromatic carbocycles. The summed E-state index contributed by atoms with van der Waals surface area (Å²) < 4.78 is 7.43. The molecule has 34 heavy (non-hydrogen) atoms. The molecule has 0 aliphatic carbocycles. The van der Waals surface area contributed by atoms with Crippen molar-refractivity contribution >= 4 is 34.6 Å². The third kappa shape index (κ3) is 3.61. The van der Waals surface area contributed by atoms with Crippen molar-refractivity contribution in [1.82, 2.24) is 20.0 Å². The number of furan rings is 1. The summed E-state index contributed by atoms with van der Waals surface area (Å²) in [6.07, 6.45) is 0. The zero-order valence-corrected chi connectivity index (χ0v) is 19.0. The van der Waals surface area contributed by atoms with Gasteiger partial charge in [-0.15, -0.1) is 0 Å². The van der Waals surface area contributed by atoms with Crippen LogP contribution in [0.4, 0.5) is 10.6 Å².